The standard InChI is InChI=1S/C15H14OS/c1-2-5-12(6-3-1)13-8-9-16-14(11-13)15-7-4-10-17-15/h1-8,10,14H,9,11H2. The molecule has 86 valence electrons. The Kier molecular flexibility index (Phi) is 3.08. The number of hydrogen-bond donors (Lipinski definition) is 0. The maximum atomic E-state index is 5.81. The number of thiophene rings is 1. The van der Waals surface area contributed by atoms with Crippen LogP contribution in [0.3, 0.4) is 0 Å². The molecule has 0 N–H and O–H groups in total. The second-order valence-electron chi connectivity index (χ2n) is 4.14. The molecule has 2 aromatic rings. The van der Waals surface area contributed by atoms with Gasteiger partial charge in [-0.3, -0.25) is 0 Å². The molecular formula is C15H14OS. The number of ether oxygens (including phenoxy) is 1. The maximum absolute atomic E-state index is 5.81. The van der Waals surface area contributed by atoms with Gasteiger partial charge in [0.05, 0.1) is 12.7 Å². The second-order valence-corrected chi connectivity index (χ2v) is 5.12. The lowest BCUT2D eigenvalue weighted by Crippen LogP contribution is -2.09. The van der Waals surface area contributed by atoms with E-state index in [1.165, 1.54) is 16.0 Å². The Morgan fingerprint density at radius 2 is 1.94 bits per heavy atom. The summed E-state index contributed by atoms with van der Waals surface area (Å²) in [6.07, 6.45) is 3.40. The third-order valence-corrected chi connectivity index (χ3v) is 4.00. The van der Waals surface area contributed by atoms with Crippen LogP contribution in [0.4, 0.5) is 0 Å². The highest BCUT2D eigenvalue weighted by Gasteiger charge is 2.19. The van der Waals surface area contributed by atoms with E-state index >= 15 is 0 Å². The van der Waals surface area contributed by atoms with Crippen LogP contribution >= 0.6 is 11.3 Å². The van der Waals surface area contributed by atoms with Gasteiger partial charge in [-0.05, 0) is 22.6 Å². The molecule has 0 radical (unpaired) electrons. The Morgan fingerprint density at radius 1 is 1.06 bits per heavy atom. The van der Waals surface area contributed by atoms with E-state index in [1.807, 2.05) is 0 Å². The molecule has 2 heterocycles. The highest BCUT2D eigenvalue weighted by Crippen LogP contribution is 2.35. The Morgan fingerprint density at radius 3 is 2.71 bits per heavy atom. The number of benzene rings is 1. The van der Waals surface area contributed by atoms with Crippen LogP contribution in [0.25, 0.3) is 5.57 Å². The van der Waals surface area contributed by atoms with Crippen molar-refractivity contribution in [3.05, 3.63) is 64.4 Å². The van der Waals surface area contributed by atoms with Crippen LogP contribution in [-0.4, -0.2) is 6.61 Å². The molecule has 1 aromatic heterocycles. The van der Waals surface area contributed by atoms with E-state index in [9.17, 15) is 0 Å². The lowest BCUT2D eigenvalue weighted by molar-refractivity contribution is 0.0734. The third-order valence-electron chi connectivity index (χ3n) is 3.04. The average Bonchev–Trinajstić information content (AvgIpc) is 2.94. The van der Waals surface area contributed by atoms with Gasteiger partial charge >= 0.3 is 0 Å². The van der Waals surface area contributed by atoms with Crippen molar-refractivity contribution in [3.8, 4) is 0 Å². The summed E-state index contributed by atoms with van der Waals surface area (Å²) in [7, 11) is 0. The van der Waals surface area contributed by atoms with Crippen LogP contribution in [0.2, 0.25) is 0 Å². The van der Waals surface area contributed by atoms with Crippen LogP contribution < -0.4 is 0 Å². The fraction of sp³-hybridized carbons (Fsp3) is 0.200. The minimum absolute atomic E-state index is 0.232. The molecule has 1 aliphatic rings. The van der Waals surface area contributed by atoms with Gasteiger partial charge in [-0.1, -0.05) is 42.5 Å². The van der Waals surface area contributed by atoms with Crippen molar-refractivity contribution in [2.45, 2.75) is 12.5 Å². The van der Waals surface area contributed by atoms with Crippen molar-refractivity contribution in [2.75, 3.05) is 6.61 Å². The smallest absolute Gasteiger partial charge is 0.0961 e. The monoisotopic (exact) mass is 242 g/mol. The third kappa shape index (κ3) is 2.33. The van der Waals surface area contributed by atoms with E-state index in [0.29, 0.717) is 6.61 Å². The van der Waals surface area contributed by atoms with Gasteiger partial charge in [0.15, 0.2) is 0 Å². The fourth-order valence-corrected chi connectivity index (χ4v) is 2.93. The van der Waals surface area contributed by atoms with Crippen molar-refractivity contribution in [1.82, 2.24) is 0 Å². The largest absolute Gasteiger partial charge is 0.368 e. The van der Waals surface area contributed by atoms with Crippen LogP contribution in [0, 0.1) is 0 Å². The molecule has 0 aliphatic carbocycles. The minimum Gasteiger partial charge on any atom is -0.368 e. The Balaban J connectivity index is 1.82. The zero-order valence-electron chi connectivity index (χ0n) is 9.50. The predicted molar refractivity (Wildman–Crippen MR) is 72.0 cm³/mol. The van der Waals surface area contributed by atoms with Gasteiger partial charge in [0.25, 0.3) is 0 Å². The van der Waals surface area contributed by atoms with Crippen molar-refractivity contribution in [3.63, 3.8) is 0 Å². The van der Waals surface area contributed by atoms with Gasteiger partial charge < -0.3 is 4.74 Å². The van der Waals surface area contributed by atoms with E-state index in [2.05, 4.69) is 53.9 Å². The van der Waals surface area contributed by atoms with Crippen molar-refractivity contribution in [1.29, 1.82) is 0 Å². The van der Waals surface area contributed by atoms with Crippen LogP contribution in [-0.2, 0) is 4.74 Å². The highest BCUT2D eigenvalue weighted by atomic mass is 32.1. The summed E-state index contributed by atoms with van der Waals surface area (Å²) in [4.78, 5) is 1.33. The molecule has 1 atom stereocenters. The molecule has 0 saturated heterocycles. The van der Waals surface area contributed by atoms with Gasteiger partial charge in [0.2, 0.25) is 0 Å². The number of hydrogen-bond acceptors (Lipinski definition) is 2. The van der Waals surface area contributed by atoms with Gasteiger partial charge in [-0.25, -0.2) is 0 Å². The molecule has 2 heteroatoms. The molecule has 0 spiro atoms. The topological polar surface area (TPSA) is 9.23 Å². The molecule has 1 aliphatic heterocycles. The Hall–Kier alpha value is -1.38. The van der Waals surface area contributed by atoms with E-state index in [-0.39, 0.29) is 6.10 Å². The average molecular weight is 242 g/mol. The van der Waals surface area contributed by atoms with Crippen LogP contribution in [0.1, 0.15) is 23.0 Å². The highest BCUT2D eigenvalue weighted by molar-refractivity contribution is 7.10. The Labute approximate surface area is 105 Å². The summed E-state index contributed by atoms with van der Waals surface area (Å²) in [5.41, 5.74) is 2.72. The van der Waals surface area contributed by atoms with Gasteiger partial charge in [0.1, 0.15) is 0 Å². The molecule has 3 rings (SSSR count). The van der Waals surface area contributed by atoms with Crippen LogP contribution in [0.5, 0.6) is 0 Å². The molecule has 1 aromatic carbocycles. The summed E-state index contributed by atoms with van der Waals surface area (Å²) in [5, 5.41) is 2.11. The van der Waals surface area contributed by atoms with Crippen molar-refractivity contribution >= 4 is 16.9 Å². The molecular weight excluding hydrogens is 228 g/mol. The van der Waals surface area contributed by atoms with E-state index in [4.69, 9.17) is 4.74 Å². The molecule has 0 bridgehead atoms. The Bertz CT molecular complexity index is 499. The van der Waals surface area contributed by atoms with Gasteiger partial charge in [-0.2, -0.15) is 0 Å². The molecule has 0 fully saturated rings. The lowest BCUT2D eigenvalue weighted by atomic mass is 9.97. The normalized spacial score (nSPS) is 20.0. The summed E-state index contributed by atoms with van der Waals surface area (Å²) < 4.78 is 5.81. The first kappa shape index (κ1) is 10.8. The zero-order valence-corrected chi connectivity index (χ0v) is 10.3. The summed E-state index contributed by atoms with van der Waals surface area (Å²) in [6, 6.07) is 14.8. The molecule has 1 nitrogen and oxygen atoms in total. The SMILES string of the molecule is C1=C(c2ccccc2)CC(c2cccs2)OC1. The summed E-state index contributed by atoms with van der Waals surface area (Å²) >= 11 is 1.77. The van der Waals surface area contributed by atoms with E-state index < -0.39 is 0 Å². The number of rotatable bonds is 2. The van der Waals surface area contributed by atoms with Crippen molar-refractivity contribution < 1.29 is 4.74 Å². The van der Waals surface area contributed by atoms with Gasteiger partial charge in [-0.15, -0.1) is 11.3 Å². The minimum atomic E-state index is 0.232. The van der Waals surface area contributed by atoms with E-state index in [0.717, 1.165) is 6.42 Å². The van der Waals surface area contributed by atoms with E-state index in [1.54, 1.807) is 11.3 Å². The van der Waals surface area contributed by atoms with Crippen LogP contribution in [0.15, 0.2) is 53.9 Å². The molecule has 1 unspecified atom stereocenters. The maximum Gasteiger partial charge on any atom is 0.0961 e. The summed E-state index contributed by atoms with van der Waals surface area (Å²) in [5.74, 6) is 0. The molecule has 0 amide bonds. The zero-order chi connectivity index (χ0) is 11.5. The molecule has 0 saturated carbocycles. The molecule has 17 heavy (non-hydrogen) atoms. The first-order chi connectivity index (χ1) is 8.43. The first-order valence-corrected chi connectivity index (χ1v) is 6.71. The fourth-order valence-electron chi connectivity index (χ4n) is 2.15. The second kappa shape index (κ2) is 4.86. The predicted octanol–water partition coefficient (Wildman–Crippen LogP) is 4.29. The lowest BCUT2D eigenvalue weighted by Gasteiger charge is -2.22. The summed E-state index contributed by atoms with van der Waals surface area (Å²) in [6.45, 7) is 0.715. The van der Waals surface area contributed by atoms with Crippen molar-refractivity contribution in [2.24, 2.45) is 0 Å². The van der Waals surface area contributed by atoms with Gasteiger partial charge in [0, 0.05) is 11.3 Å². The first-order valence-electron chi connectivity index (χ1n) is 5.83. The quantitative estimate of drug-likeness (QED) is 0.763.